The van der Waals surface area contributed by atoms with Gasteiger partial charge in [-0.15, -0.1) is 0 Å². The third-order valence-electron chi connectivity index (χ3n) is 7.15. The molecule has 5 rings (SSSR count). The minimum absolute atomic E-state index is 0.189. The summed E-state index contributed by atoms with van der Waals surface area (Å²) in [5.41, 5.74) is -0.215. The van der Waals surface area contributed by atoms with Crippen LogP contribution in [0.5, 0.6) is 5.75 Å². The molecule has 1 aromatic carbocycles. The maximum atomic E-state index is 12.8. The SMILES string of the molecule is CSNN(c1ncnc2c1ccn2C1OC(COP(NC(C)(C)C(=O)OC(C)C)Oc2ccc(Cl)cc2)CC1C)C1CC1. The highest BCUT2D eigenvalue weighted by Crippen LogP contribution is 2.42. The summed E-state index contributed by atoms with van der Waals surface area (Å²) in [5.74, 6) is 1.26. The average molecular weight is 651 g/mol. The second-order valence-corrected chi connectivity index (χ2v) is 13.9. The monoisotopic (exact) mass is 650 g/mol. The topological polar surface area (TPSA) is 112 Å². The Morgan fingerprint density at radius 3 is 2.67 bits per heavy atom. The fraction of sp³-hybridized carbons (Fsp3) is 0.552. The molecule has 0 radical (unpaired) electrons. The lowest BCUT2D eigenvalue weighted by Gasteiger charge is -2.29. The van der Waals surface area contributed by atoms with Gasteiger partial charge in [0.2, 0.25) is 0 Å². The molecule has 2 aromatic heterocycles. The fourth-order valence-electron chi connectivity index (χ4n) is 4.90. The normalized spacial score (nSPS) is 21.3. The summed E-state index contributed by atoms with van der Waals surface area (Å²) in [4.78, 5) is 25.4. The number of aromatic nitrogens is 3. The summed E-state index contributed by atoms with van der Waals surface area (Å²) < 4.78 is 26.5. The van der Waals surface area contributed by atoms with Crippen LogP contribution in [0.2, 0.25) is 5.02 Å². The van der Waals surface area contributed by atoms with Crippen LogP contribution in [0, 0.1) is 5.92 Å². The molecule has 2 fully saturated rings. The molecule has 234 valence electrons. The highest BCUT2D eigenvalue weighted by atomic mass is 35.5. The first kappa shape index (κ1) is 32.2. The van der Waals surface area contributed by atoms with E-state index in [2.05, 4.69) is 42.5 Å². The minimum atomic E-state index is -1.74. The number of fused-ring (bicyclic) bond motifs is 1. The van der Waals surface area contributed by atoms with Crippen molar-refractivity contribution in [3.63, 3.8) is 0 Å². The quantitative estimate of drug-likeness (QED) is 0.0875. The van der Waals surface area contributed by atoms with Crippen molar-refractivity contribution in [3.05, 3.63) is 47.9 Å². The zero-order chi connectivity index (χ0) is 30.7. The van der Waals surface area contributed by atoms with Gasteiger partial charge in [-0.2, -0.15) is 4.83 Å². The molecule has 0 amide bonds. The number of nitrogens with one attached hydrogen (secondary N) is 2. The van der Waals surface area contributed by atoms with Crippen molar-refractivity contribution in [3.8, 4) is 5.75 Å². The van der Waals surface area contributed by atoms with Crippen LogP contribution in [-0.4, -0.2) is 57.2 Å². The van der Waals surface area contributed by atoms with Crippen LogP contribution in [0.4, 0.5) is 5.82 Å². The molecule has 4 atom stereocenters. The van der Waals surface area contributed by atoms with E-state index >= 15 is 0 Å². The predicted molar refractivity (Wildman–Crippen MR) is 171 cm³/mol. The van der Waals surface area contributed by atoms with Gasteiger partial charge >= 0.3 is 14.5 Å². The molecule has 3 heterocycles. The lowest BCUT2D eigenvalue weighted by atomic mass is 10.1. The molecule has 1 saturated carbocycles. The summed E-state index contributed by atoms with van der Waals surface area (Å²) in [6, 6.07) is 9.51. The fourth-order valence-corrected chi connectivity index (χ4v) is 6.78. The summed E-state index contributed by atoms with van der Waals surface area (Å²) in [5, 5.41) is 6.94. The van der Waals surface area contributed by atoms with E-state index in [0.717, 1.165) is 36.1 Å². The summed E-state index contributed by atoms with van der Waals surface area (Å²) in [6.07, 6.45) is 8.06. The van der Waals surface area contributed by atoms with E-state index in [1.54, 1.807) is 56.4 Å². The van der Waals surface area contributed by atoms with Crippen molar-refractivity contribution in [1.82, 2.24) is 24.5 Å². The van der Waals surface area contributed by atoms with E-state index in [0.29, 0.717) is 16.8 Å². The smallest absolute Gasteiger partial charge is 0.326 e. The van der Waals surface area contributed by atoms with E-state index < -0.39 is 20.0 Å². The van der Waals surface area contributed by atoms with Crippen molar-refractivity contribution < 1.29 is 23.3 Å². The van der Waals surface area contributed by atoms with Crippen LogP contribution >= 0.6 is 32.1 Å². The minimum Gasteiger partial charge on any atom is -0.462 e. The molecule has 2 aliphatic rings. The molecular weight excluding hydrogens is 611 g/mol. The zero-order valence-electron chi connectivity index (χ0n) is 25.3. The van der Waals surface area contributed by atoms with Crippen molar-refractivity contribution in [1.29, 1.82) is 0 Å². The second-order valence-electron chi connectivity index (χ2n) is 11.7. The van der Waals surface area contributed by atoms with Gasteiger partial charge in [0.1, 0.15) is 29.5 Å². The number of esters is 1. The Kier molecular flexibility index (Phi) is 10.4. The molecule has 0 bridgehead atoms. The Balaban J connectivity index is 1.28. The Morgan fingerprint density at radius 1 is 1.26 bits per heavy atom. The van der Waals surface area contributed by atoms with Crippen molar-refractivity contribution in [2.24, 2.45) is 5.92 Å². The van der Waals surface area contributed by atoms with E-state index in [1.165, 1.54) is 0 Å². The number of carbonyl (C=O) groups excluding carboxylic acids is 1. The molecule has 43 heavy (non-hydrogen) atoms. The highest BCUT2D eigenvalue weighted by Gasteiger charge is 2.38. The van der Waals surface area contributed by atoms with Crippen molar-refractivity contribution in [2.75, 3.05) is 17.9 Å². The van der Waals surface area contributed by atoms with Crippen LogP contribution in [-0.2, 0) is 18.8 Å². The molecule has 11 nitrogen and oxygen atoms in total. The number of hydrazine groups is 1. The van der Waals surface area contributed by atoms with Crippen LogP contribution in [0.1, 0.15) is 60.1 Å². The number of hydrogen-bond donors (Lipinski definition) is 2. The number of anilines is 1. The highest BCUT2D eigenvalue weighted by molar-refractivity contribution is 7.96. The van der Waals surface area contributed by atoms with Crippen molar-refractivity contribution in [2.45, 2.75) is 83.9 Å². The maximum Gasteiger partial charge on any atom is 0.326 e. The van der Waals surface area contributed by atoms with Gasteiger partial charge in [-0.05, 0) is 83.5 Å². The summed E-state index contributed by atoms with van der Waals surface area (Å²) >= 11 is 7.62. The Bertz CT molecular complexity index is 1390. The number of carbonyl (C=O) groups is 1. The number of benzene rings is 1. The van der Waals surface area contributed by atoms with Crippen LogP contribution < -0.4 is 19.5 Å². The first-order chi connectivity index (χ1) is 20.6. The molecular formula is C29H40ClN6O5PS. The lowest BCUT2D eigenvalue weighted by Crippen LogP contribution is -2.46. The summed E-state index contributed by atoms with van der Waals surface area (Å²) in [7, 11) is -1.74. The largest absolute Gasteiger partial charge is 0.462 e. The second kappa shape index (κ2) is 13.9. The number of ether oxygens (including phenoxy) is 2. The van der Waals surface area contributed by atoms with Gasteiger partial charge in [0, 0.05) is 23.2 Å². The first-order valence-corrected chi connectivity index (χ1v) is 17.2. The molecule has 14 heteroatoms. The van der Waals surface area contributed by atoms with Gasteiger partial charge in [0.15, 0.2) is 5.82 Å². The molecule has 1 aliphatic heterocycles. The predicted octanol–water partition coefficient (Wildman–Crippen LogP) is 6.40. The van der Waals surface area contributed by atoms with Gasteiger partial charge in [0.25, 0.3) is 0 Å². The van der Waals surface area contributed by atoms with Gasteiger partial charge < -0.3 is 23.1 Å². The van der Waals surface area contributed by atoms with Crippen LogP contribution in [0.25, 0.3) is 11.0 Å². The third-order valence-corrected chi connectivity index (χ3v) is 9.28. The van der Waals surface area contributed by atoms with E-state index in [9.17, 15) is 4.79 Å². The maximum absolute atomic E-state index is 12.8. The van der Waals surface area contributed by atoms with Crippen molar-refractivity contribution >= 4 is 54.9 Å². The van der Waals surface area contributed by atoms with Gasteiger partial charge in [-0.25, -0.2) is 15.1 Å². The number of halogens is 1. The Labute approximate surface area is 263 Å². The Hall–Kier alpha value is -2.18. The molecule has 1 saturated heterocycles. The van der Waals surface area contributed by atoms with E-state index in [4.69, 9.17) is 30.1 Å². The molecule has 1 aliphatic carbocycles. The standard InChI is InChI=1S/C29H40ClN6O5PS/c1-18(2)39-28(37)29(4,5)33-42(41-22-11-7-20(30)8-12-22)38-16-23-15-19(3)27(40-23)35-14-13-24-25(35)31-17-32-26(24)36(34-43-6)21-9-10-21/h7-8,11-14,17-19,21,23,27,33-34H,9-10,15-16H2,1-6H3. The lowest BCUT2D eigenvalue weighted by molar-refractivity contribution is -0.153. The molecule has 4 unspecified atom stereocenters. The summed E-state index contributed by atoms with van der Waals surface area (Å²) in [6.45, 7) is 9.57. The van der Waals surface area contributed by atoms with Crippen LogP contribution in [0.3, 0.4) is 0 Å². The molecule has 0 spiro atoms. The number of rotatable bonds is 14. The van der Waals surface area contributed by atoms with Crippen LogP contribution in [0.15, 0.2) is 42.9 Å². The number of hydrogen-bond acceptors (Lipinski definition) is 11. The van der Waals surface area contributed by atoms with Gasteiger partial charge in [-0.3, -0.25) is 9.80 Å². The third kappa shape index (κ3) is 7.92. The van der Waals surface area contributed by atoms with Gasteiger partial charge in [-0.1, -0.05) is 30.5 Å². The Morgan fingerprint density at radius 2 is 2.00 bits per heavy atom. The zero-order valence-corrected chi connectivity index (χ0v) is 27.8. The molecule has 3 aromatic rings. The van der Waals surface area contributed by atoms with Gasteiger partial charge in [0.05, 0.1) is 24.2 Å². The first-order valence-electron chi connectivity index (χ1n) is 14.5. The van der Waals surface area contributed by atoms with E-state index in [-0.39, 0.29) is 31.0 Å². The number of nitrogens with zero attached hydrogens (tertiary/aromatic N) is 4. The average Bonchev–Trinajstić information content (AvgIpc) is 3.60. The van der Waals surface area contributed by atoms with E-state index in [1.807, 2.05) is 26.3 Å². The molecule has 2 N–H and O–H groups in total.